The van der Waals surface area contributed by atoms with Gasteiger partial charge in [-0.1, -0.05) is 60.7 Å². The van der Waals surface area contributed by atoms with Crippen LogP contribution in [-0.4, -0.2) is 35.8 Å². The van der Waals surface area contributed by atoms with E-state index in [0.29, 0.717) is 24.2 Å². The molecule has 1 unspecified atom stereocenters. The van der Waals surface area contributed by atoms with Gasteiger partial charge in [0.25, 0.3) is 11.9 Å². The third kappa shape index (κ3) is 5.14. The van der Waals surface area contributed by atoms with Crippen LogP contribution in [0.1, 0.15) is 22.8 Å². The van der Waals surface area contributed by atoms with Crippen LogP contribution in [0.2, 0.25) is 0 Å². The largest absolute Gasteiger partial charge is 0.451 e. The minimum absolute atomic E-state index is 0.135. The van der Waals surface area contributed by atoms with Crippen molar-refractivity contribution in [2.45, 2.75) is 19.4 Å². The van der Waals surface area contributed by atoms with E-state index in [2.05, 4.69) is 46.3 Å². The summed E-state index contributed by atoms with van der Waals surface area (Å²) in [6.45, 7) is 2.31. The van der Waals surface area contributed by atoms with Gasteiger partial charge in [0.15, 0.2) is 12.4 Å². The fourth-order valence-electron chi connectivity index (χ4n) is 4.40. The summed E-state index contributed by atoms with van der Waals surface area (Å²) in [7, 11) is 0. The lowest BCUT2D eigenvalue weighted by molar-refractivity contribution is -0.129. The molecule has 1 amide bonds. The molecule has 1 atom stereocenters. The van der Waals surface area contributed by atoms with Crippen molar-refractivity contribution in [1.29, 1.82) is 0 Å². The normalized spacial score (nSPS) is 16.0. The zero-order valence-electron chi connectivity index (χ0n) is 20.5. The second-order valence-electron chi connectivity index (χ2n) is 8.64. The number of carbonyl (C=O) groups excluding carboxylic acids is 2. The lowest BCUT2D eigenvalue weighted by atomic mass is 10.1. The van der Waals surface area contributed by atoms with E-state index in [1.807, 2.05) is 55.5 Å². The van der Waals surface area contributed by atoms with Crippen LogP contribution in [0.3, 0.4) is 0 Å². The van der Waals surface area contributed by atoms with Crippen LogP contribution >= 0.6 is 0 Å². The average Bonchev–Trinajstić information content (AvgIpc) is 3.24. The molecule has 4 aromatic carbocycles. The van der Waals surface area contributed by atoms with Crippen LogP contribution in [-0.2, 0) is 16.0 Å². The summed E-state index contributed by atoms with van der Waals surface area (Å²) in [6.07, 6.45) is 0.493. The van der Waals surface area contributed by atoms with Crippen LogP contribution < -0.4 is 4.90 Å². The van der Waals surface area contributed by atoms with E-state index in [1.54, 1.807) is 24.3 Å². The molecule has 0 aliphatic carbocycles. The zero-order valence-corrected chi connectivity index (χ0v) is 20.5. The van der Waals surface area contributed by atoms with E-state index < -0.39 is 6.10 Å². The molecule has 1 fully saturated rings. The summed E-state index contributed by atoms with van der Waals surface area (Å²) < 4.78 is 6.00. The Morgan fingerprint density at radius 3 is 1.97 bits per heavy atom. The van der Waals surface area contributed by atoms with Crippen LogP contribution in [0.15, 0.2) is 114 Å². The smallest absolute Gasteiger partial charge is 0.300 e. The minimum atomic E-state index is -0.674. The maximum atomic E-state index is 13.1. The van der Waals surface area contributed by atoms with Crippen molar-refractivity contribution >= 4 is 41.0 Å². The van der Waals surface area contributed by atoms with Crippen molar-refractivity contribution in [3.05, 3.63) is 120 Å². The standard InChI is InChI=1S/C31H27N3O3/c1-2-33-30(36)29(37-31(33)32-28-16-10-9-11-24(28)22-35)21-23-17-19-27(20-18-23)34(25-12-5-3-6-13-25)26-14-7-4-8-15-26/h3-20,22,29H,2,21H2,1H3/b32-31+. The summed E-state index contributed by atoms with van der Waals surface area (Å²) in [5, 5.41) is 0. The number of ether oxygens (including phenoxy) is 1. The third-order valence-corrected chi connectivity index (χ3v) is 6.26. The molecule has 0 spiro atoms. The number of nitrogens with zero attached hydrogens (tertiary/aromatic N) is 3. The Balaban J connectivity index is 1.38. The maximum absolute atomic E-state index is 13.1. The van der Waals surface area contributed by atoms with Gasteiger partial charge in [0, 0.05) is 35.6 Å². The Morgan fingerprint density at radius 2 is 1.38 bits per heavy atom. The highest BCUT2D eigenvalue weighted by molar-refractivity contribution is 6.03. The third-order valence-electron chi connectivity index (χ3n) is 6.26. The van der Waals surface area contributed by atoms with Crippen molar-refractivity contribution in [3.8, 4) is 0 Å². The molecule has 0 saturated carbocycles. The van der Waals surface area contributed by atoms with E-state index in [0.717, 1.165) is 28.9 Å². The molecule has 6 heteroatoms. The van der Waals surface area contributed by atoms with E-state index in [-0.39, 0.29) is 11.9 Å². The summed E-state index contributed by atoms with van der Waals surface area (Å²) in [5.74, 6) is -0.135. The van der Waals surface area contributed by atoms with Gasteiger partial charge in [-0.05, 0) is 61.0 Å². The molecule has 1 heterocycles. The average molecular weight is 490 g/mol. The number of anilines is 3. The van der Waals surface area contributed by atoms with Gasteiger partial charge in [0.1, 0.15) is 0 Å². The van der Waals surface area contributed by atoms with Gasteiger partial charge in [-0.2, -0.15) is 4.99 Å². The van der Waals surface area contributed by atoms with Crippen LogP contribution in [0.4, 0.5) is 22.7 Å². The highest BCUT2D eigenvalue weighted by atomic mass is 16.5. The molecular weight excluding hydrogens is 462 g/mol. The number of aliphatic imine (C=N–C) groups is 1. The highest BCUT2D eigenvalue weighted by Crippen LogP contribution is 2.34. The fraction of sp³-hybridized carbons (Fsp3) is 0.129. The lowest BCUT2D eigenvalue weighted by Crippen LogP contribution is -2.32. The SMILES string of the molecule is CCN1C(=O)C(Cc2ccc(N(c3ccccc3)c3ccccc3)cc2)O/C1=N/c1ccccc1C=O. The number of hydrogen-bond donors (Lipinski definition) is 0. The van der Waals surface area contributed by atoms with Crippen molar-refractivity contribution in [2.24, 2.45) is 4.99 Å². The number of aldehydes is 1. The monoisotopic (exact) mass is 489 g/mol. The number of benzene rings is 4. The van der Waals surface area contributed by atoms with E-state index in [4.69, 9.17) is 4.74 Å². The Morgan fingerprint density at radius 1 is 0.811 bits per heavy atom. The number of rotatable bonds is 8. The highest BCUT2D eigenvalue weighted by Gasteiger charge is 2.38. The van der Waals surface area contributed by atoms with Gasteiger partial charge in [-0.15, -0.1) is 0 Å². The van der Waals surface area contributed by atoms with E-state index >= 15 is 0 Å². The first-order valence-electron chi connectivity index (χ1n) is 12.3. The molecular formula is C31H27N3O3. The molecule has 0 aromatic heterocycles. The molecule has 0 bridgehead atoms. The molecule has 1 saturated heterocycles. The summed E-state index contributed by atoms with van der Waals surface area (Å²) >= 11 is 0. The number of amides is 1. The van der Waals surface area contributed by atoms with Crippen molar-refractivity contribution in [2.75, 3.05) is 11.4 Å². The number of amidine groups is 1. The van der Waals surface area contributed by atoms with Gasteiger partial charge >= 0.3 is 0 Å². The molecule has 6 nitrogen and oxygen atoms in total. The van der Waals surface area contributed by atoms with Crippen LogP contribution in [0.5, 0.6) is 0 Å². The Kier molecular flexibility index (Phi) is 7.08. The van der Waals surface area contributed by atoms with E-state index in [1.165, 1.54) is 4.90 Å². The number of para-hydroxylation sites is 3. The fourth-order valence-corrected chi connectivity index (χ4v) is 4.40. The molecule has 184 valence electrons. The summed E-state index contributed by atoms with van der Waals surface area (Å²) in [6, 6.07) is 35.8. The second-order valence-corrected chi connectivity index (χ2v) is 8.64. The first kappa shape index (κ1) is 24.0. The second kappa shape index (κ2) is 10.9. The summed E-state index contributed by atoms with van der Waals surface area (Å²) in [5.41, 5.74) is 5.04. The Labute approximate surface area is 216 Å². The predicted octanol–water partition coefficient (Wildman–Crippen LogP) is 6.45. The number of likely N-dealkylation sites (N-methyl/N-ethyl adjacent to an activating group) is 1. The van der Waals surface area contributed by atoms with Crippen LogP contribution in [0.25, 0.3) is 0 Å². The van der Waals surface area contributed by atoms with Gasteiger partial charge in [0.05, 0.1) is 5.69 Å². The van der Waals surface area contributed by atoms with Crippen LogP contribution in [0, 0.1) is 0 Å². The molecule has 1 aliphatic heterocycles. The maximum Gasteiger partial charge on any atom is 0.300 e. The molecule has 4 aromatic rings. The molecule has 0 radical (unpaired) electrons. The van der Waals surface area contributed by atoms with E-state index in [9.17, 15) is 9.59 Å². The predicted molar refractivity (Wildman–Crippen MR) is 146 cm³/mol. The quantitative estimate of drug-likeness (QED) is 0.267. The Bertz CT molecular complexity index is 1360. The van der Waals surface area contributed by atoms with Gasteiger partial charge < -0.3 is 9.64 Å². The zero-order chi connectivity index (χ0) is 25.6. The molecule has 0 N–H and O–H groups in total. The number of carbonyl (C=O) groups is 2. The van der Waals surface area contributed by atoms with Gasteiger partial charge in [-0.3, -0.25) is 14.5 Å². The van der Waals surface area contributed by atoms with Crippen molar-refractivity contribution in [3.63, 3.8) is 0 Å². The minimum Gasteiger partial charge on any atom is -0.451 e. The summed E-state index contributed by atoms with van der Waals surface area (Å²) in [4.78, 5) is 32.7. The lowest BCUT2D eigenvalue weighted by Gasteiger charge is -2.25. The molecule has 37 heavy (non-hydrogen) atoms. The molecule has 1 aliphatic rings. The van der Waals surface area contributed by atoms with Gasteiger partial charge in [0.2, 0.25) is 0 Å². The number of hydrogen-bond acceptors (Lipinski definition) is 5. The molecule has 5 rings (SSSR count). The topological polar surface area (TPSA) is 62.2 Å². The first-order valence-corrected chi connectivity index (χ1v) is 12.3. The Hall–Kier alpha value is -4.71. The van der Waals surface area contributed by atoms with Gasteiger partial charge in [-0.25, -0.2) is 0 Å². The van der Waals surface area contributed by atoms with Crippen molar-refractivity contribution in [1.82, 2.24) is 4.90 Å². The van der Waals surface area contributed by atoms with Crippen molar-refractivity contribution < 1.29 is 14.3 Å². The first-order chi connectivity index (χ1) is 18.2.